The predicted octanol–water partition coefficient (Wildman–Crippen LogP) is 3.05. The molecule has 1 heterocycles. The van der Waals surface area contributed by atoms with Gasteiger partial charge in [0.2, 0.25) is 0 Å². The average Bonchev–Trinajstić information content (AvgIpc) is 2.93. The molecule has 1 aliphatic heterocycles. The summed E-state index contributed by atoms with van der Waals surface area (Å²) in [6.07, 6.45) is 0. The summed E-state index contributed by atoms with van der Waals surface area (Å²) in [4.78, 5) is 0.229. The van der Waals surface area contributed by atoms with Gasteiger partial charge < -0.3 is 5.32 Å². The Balaban J connectivity index is 1.56. The van der Waals surface area contributed by atoms with E-state index < -0.39 is 20.0 Å². The van der Waals surface area contributed by atoms with E-state index in [4.69, 9.17) is 0 Å². The van der Waals surface area contributed by atoms with Crippen molar-refractivity contribution in [1.82, 2.24) is 0 Å². The molecule has 0 aliphatic carbocycles. The highest BCUT2D eigenvalue weighted by atomic mass is 32.2. The molecular weight excluding hydrogens is 398 g/mol. The zero-order valence-corrected chi connectivity index (χ0v) is 16.0. The van der Waals surface area contributed by atoms with Gasteiger partial charge in [-0.2, -0.15) is 8.42 Å². The molecule has 0 radical (unpaired) electrons. The van der Waals surface area contributed by atoms with Crippen molar-refractivity contribution in [3.63, 3.8) is 0 Å². The first-order valence-corrected chi connectivity index (χ1v) is 11.2. The Bertz CT molecular complexity index is 1270. The average molecular weight is 413 g/mol. The van der Waals surface area contributed by atoms with Crippen molar-refractivity contribution in [3.05, 3.63) is 84.4 Å². The number of nitrogens with one attached hydrogen (secondary N) is 2. The Morgan fingerprint density at radius 3 is 2.11 bits per heavy atom. The minimum Gasteiger partial charge on any atom is -0.339 e. The Labute approximate surface area is 162 Å². The van der Waals surface area contributed by atoms with Crippen LogP contribution >= 0.6 is 0 Å². The molecule has 1 aliphatic rings. The highest BCUT2D eigenvalue weighted by molar-refractivity contribution is 7.92. The summed E-state index contributed by atoms with van der Waals surface area (Å²) in [6.45, 7) is 0. The number of fused-ring (bicyclic) bond motifs is 1. The van der Waals surface area contributed by atoms with Gasteiger partial charge in [-0.1, -0.05) is 30.3 Å². The molecule has 0 atom stereocenters. The van der Waals surface area contributed by atoms with E-state index in [1.807, 2.05) is 0 Å². The van der Waals surface area contributed by atoms with E-state index in [0.29, 0.717) is 16.9 Å². The van der Waals surface area contributed by atoms with E-state index in [1.165, 1.54) is 18.2 Å². The van der Waals surface area contributed by atoms with E-state index in [9.17, 15) is 16.8 Å². The van der Waals surface area contributed by atoms with Crippen LogP contribution in [0.3, 0.4) is 0 Å². The number of hydrogen-bond acceptors (Lipinski definition) is 5. The Morgan fingerprint density at radius 1 is 0.750 bits per heavy atom. The first-order valence-electron chi connectivity index (χ1n) is 8.24. The second-order valence-electron chi connectivity index (χ2n) is 6.03. The lowest BCUT2D eigenvalue weighted by atomic mass is 10.2. The third-order valence-electron chi connectivity index (χ3n) is 4.08. The van der Waals surface area contributed by atoms with Gasteiger partial charge in [0.1, 0.15) is 4.90 Å². The van der Waals surface area contributed by atoms with Gasteiger partial charge in [-0.15, -0.1) is 4.40 Å². The van der Waals surface area contributed by atoms with Crippen molar-refractivity contribution >= 4 is 37.3 Å². The molecule has 0 aromatic heterocycles. The standard InChI is InChI=1S/C19H15N3O4S2/c23-27(24,21-15-6-2-1-3-7-15)16-12-10-14(11-13-16)20-19-17-8-4-5-9-18(17)28(25,26)22-19/h1-13,21H,(H,20,22). The third kappa shape index (κ3) is 3.49. The summed E-state index contributed by atoms with van der Waals surface area (Å²) >= 11 is 0. The van der Waals surface area contributed by atoms with Crippen LogP contribution in [0.25, 0.3) is 0 Å². The molecule has 0 amide bonds. The van der Waals surface area contributed by atoms with Crippen molar-refractivity contribution in [2.24, 2.45) is 4.40 Å². The summed E-state index contributed by atoms with van der Waals surface area (Å²) in [6, 6.07) is 21.1. The van der Waals surface area contributed by atoms with E-state index in [0.717, 1.165) is 0 Å². The van der Waals surface area contributed by atoms with Crippen LogP contribution in [0.2, 0.25) is 0 Å². The van der Waals surface area contributed by atoms with E-state index in [1.54, 1.807) is 60.7 Å². The Morgan fingerprint density at radius 2 is 1.39 bits per heavy atom. The maximum atomic E-state index is 12.5. The molecule has 2 N–H and O–H groups in total. The third-order valence-corrected chi connectivity index (χ3v) is 6.82. The zero-order valence-electron chi connectivity index (χ0n) is 14.4. The quantitative estimate of drug-likeness (QED) is 0.684. The molecule has 3 aromatic carbocycles. The number of amidine groups is 1. The monoisotopic (exact) mass is 413 g/mol. The number of sulfonamides is 2. The molecule has 4 rings (SSSR count). The van der Waals surface area contributed by atoms with Gasteiger partial charge in [0, 0.05) is 16.9 Å². The summed E-state index contributed by atoms with van der Waals surface area (Å²) in [5, 5.41) is 2.94. The number of nitrogens with zero attached hydrogens (tertiary/aromatic N) is 1. The maximum absolute atomic E-state index is 12.5. The zero-order chi connectivity index (χ0) is 19.8. The molecule has 0 saturated heterocycles. The number of para-hydroxylation sites is 1. The fourth-order valence-corrected chi connectivity index (χ4v) is 5.00. The van der Waals surface area contributed by atoms with Crippen molar-refractivity contribution in [2.75, 3.05) is 10.0 Å². The van der Waals surface area contributed by atoms with Gasteiger partial charge in [0.05, 0.1) is 4.90 Å². The molecule has 28 heavy (non-hydrogen) atoms. The Kier molecular flexibility index (Phi) is 4.40. The van der Waals surface area contributed by atoms with Crippen LogP contribution in [-0.2, 0) is 20.0 Å². The van der Waals surface area contributed by atoms with Gasteiger partial charge in [-0.3, -0.25) is 4.72 Å². The first kappa shape index (κ1) is 18.2. The molecule has 142 valence electrons. The van der Waals surface area contributed by atoms with Gasteiger partial charge in [0.15, 0.2) is 5.84 Å². The lowest BCUT2D eigenvalue weighted by molar-refractivity contribution is 0.598. The molecule has 0 spiro atoms. The predicted molar refractivity (Wildman–Crippen MR) is 107 cm³/mol. The van der Waals surface area contributed by atoms with Gasteiger partial charge >= 0.3 is 0 Å². The number of rotatable bonds is 4. The molecule has 0 unspecified atom stereocenters. The van der Waals surface area contributed by atoms with Crippen LogP contribution in [0.5, 0.6) is 0 Å². The number of anilines is 2. The van der Waals surface area contributed by atoms with E-state index >= 15 is 0 Å². The van der Waals surface area contributed by atoms with Gasteiger partial charge in [0.25, 0.3) is 20.0 Å². The van der Waals surface area contributed by atoms with Gasteiger partial charge in [-0.05, 0) is 48.5 Å². The molecule has 0 bridgehead atoms. The van der Waals surface area contributed by atoms with Crippen LogP contribution < -0.4 is 10.0 Å². The summed E-state index contributed by atoms with van der Waals surface area (Å²) in [5.41, 5.74) is 1.46. The van der Waals surface area contributed by atoms with E-state index in [2.05, 4.69) is 14.4 Å². The van der Waals surface area contributed by atoms with Crippen LogP contribution in [0, 0.1) is 0 Å². The highest BCUT2D eigenvalue weighted by Gasteiger charge is 2.28. The van der Waals surface area contributed by atoms with Crippen molar-refractivity contribution in [1.29, 1.82) is 0 Å². The minimum absolute atomic E-state index is 0.0864. The smallest absolute Gasteiger partial charge is 0.285 e. The summed E-state index contributed by atoms with van der Waals surface area (Å²) < 4.78 is 55.4. The fourth-order valence-electron chi connectivity index (χ4n) is 2.77. The lowest BCUT2D eigenvalue weighted by Crippen LogP contribution is -2.14. The van der Waals surface area contributed by atoms with Crippen LogP contribution in [0.1, 0.15) is 5.56 Å². The molecule has 9 heteroatoms. The maximum Gasteiger partial charge on any atom is 0.285 e. The topological polar surface area (TPSA) is 105 Å². The van der Waals surface area contributed by atoms with Crippen molar-refractivity contribution in [3.8, 4) is 0 Å². The molecular formula is C19H15N3O4S2. The molecule has 0 saturated carbocycles. The summed E-state index contributed by atoms with van der Waals surface area (Å²) in [5.74, 6) is 0.202. The van der Waals surface area contributed by atoms with E-state index in [-0.39, 0.29) is 15.6 Å². The highest BCUT2D eigenvalue weighted by Crippen LogP contribution is 2.27. The minimum atomic E-state index is -3.73. The summed E-state index contributed by atoms with van der Waals surface area (Å²) in [7, 11) is -7.45. The molecule has 7 nitrogen and oxygen atoms in total. The fraction of sp³-hybridized carbons (Fsp3) is 0. The van der Waals surface area contributed by atoms with Gasteiger partial charge in [-0.25, -0.2) is 8.42 Å². The lowest BCUT2D eigenvalue weighted by Gasteiger charge is -2.10. The molecule has 0 fully saturated rings. The van der Waals surface area contributed by atoms with Crippen LogP contribution in [-0.4, -0.2) is 22.7 Å². The van der Waals surface area contributed by atoms with Crippen molar-refractivity contribution in [2.45, 2.75) is 9.79 Å². The normalized spacial score (nSPS) is 14.8. The number of benzene rings is 3. The SMILES string of the molecule is O=S1(=O)N=C(Nc2ccc(S(=O)(=O)Nc3ccccc3)cc2)c2ccccc21. The second kappa shape index (κ2) is 6.77. The first-order chi connectivity index (χ1) is 13.4. The second-order valence-corrected chi connectivity index (χ2v) is 9.29. The number of hydrogen-bond donors (Lipinski definition) is 2. The van der Waals surface area contributed by atoms with Crippen molar-refractivity contribution < 1.29 is 16.8 Å². The molecule has 3 aromatic rings. The van der Waals surface area contributed by atoms with Crippen LogP contribution in [0.4, 0.5) is 11.4 Å². The van der Waals surface area contributed by atoms with Crippen LogP contribution in [0.15, 0.2) is 93.1 Å². The Hall–Kier alpha value is -3.17. The largest absolute Gasteiger partial charge is 0.339 e.